The van der Waals surface area contributed by atoms with Crippen LogP contribution in [-0.4, -0.2) is 37.4 Å². The summed E-state index contributed by atoms with van der Waals surface area (Å²) in [7, 11) is 4.41. The molecule has 1 unspecified atom stereocenters. The lowest BCUT2D eigenvalue weighted by atomic mass is 10.0. The first-order valence-corrected chi connectivity index (χ1v) is 13.7. The highest BCUT2D eigenvalue weighted by Crippen LogP contribution is 2.19. The minimum atomic E-state index is -0.524. The molecule has 0 saturated heterocycles. The minimum absolute atomic E-state index is 0.178. The Kier molecular flexibility index (Phi) is 13.5. The quantitative estimate of drug-likeness (QED) is 0.0945. The molecular weight excluding hydrogens is 434 g/mol. The molecule has 0 radical (unpaired) electrons. The largest absolute Gasteiger partial charge is 0.455 e. The van der Waals surface area contributed by atoms with E-state index in [0.717, 1.165) is 42.6 Å². The third-order valence-electron chi connectivity index (χ3n) is 6.39. The Bertz CT molecular complexity index is 817. The third kappa shape index (κ3) is 12.8. The van der Waals surface area contributed by atoms with E-state index in [1.54, 1.807) is 0 Å². The molecule has 0 heterocycles. The van der Waals surface area contributed by atoms with Crippen molar-refractivity contribution in [2.75, 3.05) is 20.6 Å². The Morgan fingerprint density at radius 2 is 1.49 bits per heavy atom. The third-order valence-corrected chi connectivity index (χ3v) is 6.39. The van der Waals surface area contributed by atoms with Crippen LogP contribution in [0.3, 0.4) is 0 Å². The van der Waals surface area contributed by atoms with Gasteiger partial charge in [0.2, 0.25) is 6.29 Å². The molecule has 0 aliphatic heterocycles. The molecule has 194 valence electrons. The molecule has 4 nitrogen and oxygen atoms in total. The summed E-state index contributed by atoms with van der Waals surface area (Å²) < 4.78 is 12.6. The fraction of sp³-hybridized carbons (Fsp3) is 0.581. The van der Waals surface area contributed by atoms with Gasteiger partial charge in [0.1, 0.15) is 12.3 Å². The summed E-state index contributed by atoms with van der Waals surface area (Å²) in [4.78, 5) is 12.5. The molecule has 0 spiro atoms. The van der Waals surface area contributed by atoms with Gasteiger partial charge >= 0.3 is 5.97 Å². The number of nitrogens with zero attached hydrogens (tertiary/aromatic N) is 1. The second-order valence-electron chi connectivity index (χ2n) is 10.4. The number of carbonyl (C=O) groups excluding carboxylic acids is 1. The average Bonchev–Trinajstić information content (AvgIpc) is 2.82. The van der Waals surface area contributed by atoms with Crippen molar-refractivity contribution in [2.45, 2.75) is 97.3 Å². The fourth-order valence-corrected chi connectivity index (χ4v) is 4.39. The zero-order chi connectivity index (χ0) is 25.4. The summed E-state index contributed by atoms with van der Waals surface area (Å²) >= 11 is 0. The molecule has 0 amide bonds. The molecule has 2 aromatic carbocycles. The number of rotatable bonds is 18. The number of quaternary nitrogens is 1. The van der Waals surface area contributed by atoms with Gasteiger partial charge in [0.05, 0.1) is 27.1 Å². The van der Waals surface area contributed by atoms with E-state index < -0.39 is 6.29 Å². The van der Waals surface area contributed by atoms with Crippen LogP contribution in [0.1, 0.15) is 89.2 Å². The monoisotopic (exact) mass is 482 g/mol. The lowest BCUT2D eigenvalue weighted by molar-refractivity contribution is -0.903. The molecule has 0 bridgehead atoms. The van der Waals surface area contributed by atoms with E-state index in [2.05, 4.69) is 64.3 Å². The second kappa shape index (κ2) is 16.4. The highest BCUT2D eigenvalue weighted by atomic mass is 16.7. The van der Waals surface area contributed by atoms with Crippen LogP contribution < -0.4 is 4.74 Å². The van der Waals surface area contributed by atoms with Gasteiger partial charge in [-0.15, -0.1) is 0 Å². The first-order chi connectivity index (χ1) is 16.9. The molecule has 0 aliphatic rings. The molecule has 0 fully saturated rings. The maximum atomic E-state index is 12.5. The van der Waals surface area contributed by atoms with E-state index in [9.17, 15) is 4.79 Å². The number of carbonyl (C=O) groups is 1. The van der Waals surface area contributed by atoms with E-state index in [1.807, 2.05) is 18.2 Å². The molecule has 0 saturated carbocycles. The number of unbranched alkanes of at least 4 members (excludes halogenated alkanes) is 5. The van der Waals surface area contributed by atoms with Gasteiger partial charge in [-0.1, -0.05) is 88.4 Å². The molecule has 0 aliphatic carbocycles. The summed E-state index contributed by atoms with van der Waals surface area (Å²) in [5.74, 6) is 0.589. The molecular formula is C31H48NO3+. The van der Waals surface area contributed by atoms with Gasteiger partial charge < -0.3 is 14.0 Å². The normalized spacial score (nSPS) is 12.3. The lowest BCUT2D eigenvalue weighted by Gasteiger charge is -2.30. The van der Waals surface area contributed by atoms with Crippen LogP contribution in [0.15, 0.2) is 54.6 Å². The van der Waals surface area contributed by atoms with Gasteiger partial charge in [-0.05, 0) is 37.0 Å². The van der Waals surface area contributed by atoms with Crippen LogP contribution in [0.2, 0.25) is 0 Å². The van der Waals surface area contributed by atoms with Crippen LogP contribution in [-0.2, 0) is 22.5 Å². The average molecular weight is 483 g/mol. The van der Waals surface area contributed by atoms with Crippen molar-refractivity contribution in [2.24, 2.45) is 0 Å². The summed E-state index contributed by atoms with van der Waals surface area (Å²) in [5, 5.41) is 0. The van der Waals surface area contributed by atoms with Gasteiger partial charge in [0.25, 0.3) is 0 Å². The second-order valence-corrected chi connectivity index (χ2v) is 10.4. The van der Waals surface area contributed by atoms with Crippen molar-refractivity contribution in [1.82, 2.24) is 0 Å². The van der Waals surface area contributed by atoms with Crippen LogP contribution >= 0.6 is 0 Å². The van der Waals surface area contributed by atoms with Crippen molar-refractivity contribution >= 4 is 5.97 Å². The molecule has 2 aromatic rings. The number of hydrogen-bond acceptors (Lipinski definition) is 3. The Morgan fingerprint density at radius 1 is 0.800 bits per heavy atom. The first-order valence-electron chi connectivity index (χ1n) is 13.7. The maximum absolute atomic E-state index is 12.5. The Labute approximate surface area is 214 Å². The summed E-state index contributed by atoms with van der Waals surface area (Å²) in [5.41, 5.74) is 2.66. The maximum Gasteiger partial charge on any atom is 0.309 e. The number of benzene rings is 2. The van der Waals surface area contributed by atoms with Gasteiger partial charge in [-0.3, -0.25) is 4.79 Å². The highest BCUT2D eigenvalue weighted by Gasteiger charge is 2.19. The van der Waals surface area contributed by atoms with Crippen LogP contribution in [0.5, 0.6) is 5.75 Å². The van der Waals surface area contributed by atoms with Crippen LogP contribution in [0.25, 0.3) is 0 Å². The fourth-order valence-electron chi connectivity index (χ4n) is 4.39. The smallest absolute Gasteiger partial charge is 0.309 e. The van der Waals surface area contributed by atoms with Crippen molar-refractivity contribution in [3.05, 3.63) is 65.7 Å². The topological polar surface area (TPSA) is 35.5 Å². The van der Waals surface area contributed by atoms with Crippen LogP contribution in [0.4, 0.5) is 0 Å². The van der Waals surface area contributed by atoms with Crippen molar-refractivity contribution in [3.8, 4) is 5.75 Å². The molecule has 35 heavy (non-hydrogen) atoms. The number of esters is 1. The molecule has 1 atom stereocenters. The Balaban J connectivity index is 1.72. The number of aryl methyl sites for hydroxylation is 1. The van der Waals surface area contributed by atoms with Gasteiger partial charge in [-0.25, -0.2) is 0 Å². The van der Waals surface area contributed by atoms with E-state index in [1.165, 1.54) is 49.7 Å². The molecule has 0 aromatic heterocycles. The van der Waals surface area contributed by atoms with Crippen molar-refractivity contribution in [3.63, 3.8) is 0 Å². The molecule has 0 N–H and O–H groups in total. The Morgan fingerprint density at radius 3 is 2.17 bits per heavy atom. The zero-order valence-electron chi connectivity index (χ0n) is 22.6. The SMILES string of the molecule is CCCCCCCCc1ccc(OC(CCC)OC(=O)CCC[N+](C)(C)Cc2ccccc2)cc1. The number of hydrogen-bond donors (Lipinski definition) is 0. The predicted octanol–water partition coefficient (Wildman–Crippen LogP) is 7.69. The standard InChI is InChI=1S/C31H48NO3/c1-5-7-8-9-10-12-17-27-21-23-29(24-22-27)34-31(16-6-2)35-30(33)20-15-25-32(3,4)26-28-18-13-11-14-19-28/h11,13-14,18-19,21-24,31H,5-10,12,15-17,20,25-26H2,1-4H3/q+1. The summed E-state index contributed by atoms with van der Waals surface area (Å²) in [6.07, 6.45) is 11.3. The molecule has 4 heteroatoms. The van der Waals surface area contributed by atoms with E-state index >= 15 is 0 Å². The van der Waals surface area contributed by atoms with E-state index in [0.29, 0.717) is 12.8 Å². The van der Waals surface area contributed by atoms with E-state index in [4.69, 9.17) is 9.47 Å². The van der Waals surface area contributed by atoms with E-state index in [-0.39, 0.29) is 5.97 Å². The highest BCUT2D eigenvalue weighted by molar-refractivity contribution is 5.69. The summed E-state index contributed by atoms with van der Waals surface area (Å²) in [6.45, 7) is 6.21. The zero-order valence-corrected chi connectivity index (χ0v) is 22.6. The van der Waals surface area contributed by atoms with Crippen LogP contribution in [0, 0.1) is 0 Å². The van der Waals surface area contributed by atoms with Crippen molar-refractivity contribution in [1.29, 1.82) is 0 Å². The molecule has 2 rings (SSSR count). The lowest BCUT2D eigenvalue weighted by Crippen LogP contribution is -2.39. The first kappa shape index (κ1) is 28.9. The summed E-state index contributed by atoms with van der Waals surface area (Å²) in [6, 6.07) is 18.8. The van der Waals surface area contributed by atoms with Gasteiger partial charge in [0.15, 0.2) is 0 Å². The van der Waals surface area contributed by atoms with Crippen molar-refractivity contribution < 1.29 is 18.8 Å². The predicted molar refractivity (Wildman–Crippen MR) is 145 cm³/mol. The van der Waals surface area contributed by atoms with Gasteiger partial charge in [0, 0.05) is 18.4 Å². The van der Waals surface area contributed by atoms with Gasteiger partial charge in [-0.2, -0.15) is 0 Å². The minimum Gasteiger partial charge on any atom is -0.455 e. The number of ether oxygens (including phenoxy) is 2. The Hall–Kier alpha value is -2.33.